The van der Waals surface area contributed by atoms with Crippen molar-refractivity contribution in [3.63, 3.8) is 0 Å². The molecule has 4 rings (SSSR count). The SMILES string of the molecule is O=c1c2ccccc2ncn1Cc1nc(-c2cccs2)no1. The van der Waals surface area contributed by atoms with Gasteiger partial charge in [0.25, 0.3) is 5.56 Å². The van der Waals surface area contributed by atoms with Crippen molar-refractivity contribution in [1.82, 2.24) is 19.7 Å². The zero-order valence-corrected chi connectivity index (χ0v) is 12.2. The second-order valence-electron chi connectivity index (χ2n) is 4.68. The van der Waals surface area contributed by atoms with Crippen LogP contribution in [0.2, 0.25) is 0 Å². The van der Waals surface area contributed by atoms with Gasteiger partial charge < -0.3 is 4.52 Å². The summed E-state index contributed by atoms with van der Waals surface area (Å²) >= 11 is 1.53. The fourth-order valence-electron chi connectivity index (χ4n) is 2.19. The van der Waals surface area contributed by atoms with Gasteiger partial charge in [-0.2, -0.15) is 4.98 Å². The molecule has 1 aromatic carbocycles. The molecule has 0 spiro atoms. The van der Waals surface area contributed by atoms with Gasteiger partial charge in [0.1, 0.15) is 6.54 Å². The van der Waals surface area contributed by atoms with Crippen LogP contribution in [-0.2, 0) is 6.54 Å². The maximum absolute atomic E-state index is 12.4. The van der Waals surface area contributed by atoms with E-state index in [1.807, 2.05) is 35.7 Å². The zero-order valence-electron chi connectivity index (χ0n) is 11.3. The molecule has 4 aromatic rings. The molecule has 0 saturated carbocycles. The topological polar surface area (TPSA) is 73.8 Å². The van der Waals surface area contributed by atoms with Crippen LogP contribution in [0.1, 0.15) is 5.89 Å². The lowest BCUT2D eigenvalue weighted by Gasteiger charge is -2.02. The quantitative estimate of drug-likeness (QED) is 0.581. The first-order valence-corrected chi connectivity index (χ1v) is 7.50. The standard InChI is InChI=1S/C15H10N4O2S/c20-15-10-4-1-2-5-11(10)16-9-19(15)8-13-17-14(18-21-13)12-6-3-7-22-12/h1-7,9H,8H2. The van der Waals surface area contributed by atoms with Crippen LogP contribution in [-0.4, -0.2) is 19.7 Å². The third-order valence-corrected chi connectivity index (χ3v) is 4.11. The molecule has 0 N–H and O–H groups in total. The molecule has 0 saturated heterocycles. The molecule has 108 valence electrons. The number of nitrogens with zero attached hydrogens (tertiary/aromatic N) is 4. The van der Waals surface area contributed by atoms with Crippen molar-refractivity contribution in [3.8, 4) is 10.7 Å². The van der Waals surface area contributed by atoms with Gasteiger partial charge in [-0.25, -0.2) is 4.98 Å². The molecule has 7 heteroatoms. The first kappa shape index (κ1) is 12.9. The molecule has 0 unspecified atom stereocenters. The molecule has 3 aromatic heterocycles. The van der Waals surface area contributed by atoms with E-state index in [1.165, 1.54) is 22.2 Å². The van der Waals surface area contributed by atoms with Crippen molar-refractivity contribution >= 4 is 22.2 Å². The summed E-state index contributed by atoms with van der Waals surface area (Å²) in [5.74, 6) is 0.911. The summed E-state index contributed by atoms with van der Waals surface area (Å²) in [4.78, 5) is 21.9. The number of thiophene rings is 1. The van der Waals surface area contributed by atoms with Gasteiger partial charge in [0.05, 0.1) is 22.1 Å². The largest absolute Gasteiger partial charge is 0.337 e. The maximum Gasteiger partial charge on any atom is 0.261 e. The van der Waals surface area contributed by atoms with Crippen LogP contribution in [0.25, 0.3) is 21.6 Å². The van der Waals surface area contributed by atoms with Gasteiger partial charge in [0.15, 0.2) is 0 Å². The number of hydrogen-bond donors (Lipinski definition) is 0. The minimum absolute atomic E-state index is 0.124. The Morgan fingerprint density at radius 1 is 1.18 bits per heavy atom. The predicted octanol–water partition coefficient (Wildman–Crippen LogP) is 2.56. The Bertz CT molecular complexity index is 988. The first-order chi connectivity index (χ1) is 10.8. The zero-order chi connectivity index (χ0) is 14.9. The van der Waals surface area contributed by atoms with E-state index >= 15 is 0 Å². The molecule has 3 heterocycles. The lowest BCUT2D eigenvalue weighted by Crippen LogP contribution is -2.21. The highest BCUT2D eigenvalue weighted by Gasteiger charge is 2.11. The molecule has 6 nitrogen and oxygen atoms in total. The van der Waals surface area contributed by atoms with Crippen LogP contribution in [0.5, 0.6) is 0 Å². The number of aromatic nitrogens is 4. The highest BCUT2D eigenvalue weighted by Crippen LogP contribution is 2.21. The van der Waals surface area contributed by atoms with Crippen LogP contribution in [0.4, 0.5) is 0 Å². The molecule has 22 heavy (non-hydrogen) atoms. The lowest BCUT2D eigenvalue weighted by molar-refractivity contribution is 0.370. The third-order valence-electron chi connectivity index (χ3n) is 3.25. The smallest absolute Gasteiger partial charge is 0.261 e. The Morgan fingerprint density at radius 3 is 2.95 bits per heavy atom. The van der Waals surface area contributed by atoms with E-state index in [0.29, 0.717) is 22.6 Å². The summed E-state index contributed by atoms with van der Waals surface area (Å²) in [6, 6.07) is 11.1. The minimum Gasteiger partial charge on any atom is -0.337 e. The van der Waals surface area contributed by atoms with Gasteiger partial charge in [-0.1, -0.05) is 23.4 Å². The van der Waals surface area contributed by atoms with E-state index in [0.717, 1.165) is 4.88 Å². The van der Waals surface area contributed by atoms with E-state index < -0.39 is 0 Å². The fraction of sp³-hybridized carbons (Fsp3) is 0.0667. The van der Waals surface area contributed by atoms with E-state index in [9.17, 15) is 4.79 Å². The fourth-order valence-corrected chi connectivity index (χ4v) is 2.84. The maximum atomic E-state index is 12.4. The average Bonchev–Trinajstić information content (AvgIpc) is 3.21. The second-order valence-corrected chi connectivity index (χ2v) is 5.63. The Balaban J connectivity index is 1.69. The number of para-hydroxylation sites is 1. The molecular weight excluding hydrogens is 300 g/mol. The molecule has 0 radical (unpaired) electrons. The summed E-state index contributed by atoms with van der Waals surface area (Å²) in [5.41, 5.74) is 0.551. The van der Waals surface area contributed by atoms with Crippen LogP contribution < -0.4 is 5.56 Å². The summed E-state index contributed by atoms with van der Waals surface area (Å²) in [7, 11) is 0. The molecular formula is C15H10N4O2S. The molecule has 0 bridgehead atoms. The van der Waals surface area contributed by atoms with Crippen molar-refractivity contribution in [2.24, 2.45) is 0 Å². The number of rotatable bonds is 3. The summed E-state index contributed by atoms with van der Waals surface area (Å²) < 4.78 is 6.68. The van der Waals surface area contributed by atoms with Crippen LogP contribution >= 0.6 is 11.3 Å². The third kappa shape index (κ3) is 2.21. The average molecular weight is 310 g/mol. The molecule has 0 aliphatic rings. The Kier molecular flexibility index (Phi) is 3.05. The Morgan fingerprint density at radius 2 is 2.09 bits per heavy atom. The summed E-state index contributed by atoms with van der Waals surface area (Å²) in [6.45, 7) is 0.203. The van der Waals surface area contributed by atoms with Crippen LogP contribution in [0.3, 0.4) is 0 Å². The molecule has 0 amide bonds. The van der Waals surface area contributed by atoms with Crippen molar-refractivity contribution < 1.29 is 4.52 Å². The predicted molar refractivity (Wildman–Crippen MR) is 82.7 cm³/mol. The monoisotopic (exact) mass is 310 g/mol. The first-order valence-electron chi connectivity index (χ1n) is 6.62. The number of benzene rings is 1. The molecule has 0 atom stereocenters. The van der Waals surface area contributed by atoms with E-state index in [-0.39, 0.29) is 12.1 Å². The highest BCUT2D eigenvalue weighted by atomic mass is 32.1. The Hall–Kier alpha value is -2.80. The molecule has 0 fully saturated rings. The van der Waals surface area contributed by atoms with Crippen molar-refractivity contribution in [3.05, 3.63) is 64.4 Å². The molecule has 0 aliphatic carbocycles. The second kappa shape index (κ2) is 5.19. The van der Waals surface area contributed by atoms with Crippen molar-refractivity contribution in [2.45, 2.75) is 6.54 Å². The van der Waals surface area contributed by atoms with E-state index in [1.54, 1.807) is 6.07 Å². The van der Waals surface area contributed by atoms with Gasteiger partial charge in [-0.15, -0.1) is 11.3 Å². The van der Waals surface area contributed by atoms with Crippen LogP contribution in [0.15, 0.2) is 57.4 Å². The van der Waals surface area contributed by atoms with Crippen molar-refractivity contribution in [2.75, 3.05) is 0 Å². The Labute approximate surface area is 128 Å². The van der Waals surface area contributed by atoms with Gasteiger partial charge >= 0.3 is 0 Å². The van der Waals surface area contributed by atoms with Crippen LogP contribution in [0, 0.1) is 0 Å². The lowest BCUT2D eigenvalue weighted by atomic mass is 10.2. The molecule has 0 aliphatic heterocycles. The summed E-state index contributed by atoms with van der Waals surface area (Å²) in [6.07, 6.45) is 1.50. The van der Waals surface area contributed by atoms with Gasteiger partial charge in [0, 0.05) is 0 Å². The van der Waals surface area contributed by atoms with Gasteiger partial charge in [-0.05, 0) is 23.6 Å². The van der Waals surface area contributed by atoms with E-state index in [2.05, 4.69) is 15.1 Å². The van der Waals surface area contributed by atoms with Gasteiger partial charge in [-0.3, -0.25) is 9.36 Å². The van der Waals surface area contributed by atoms with Gasteiger partial charge in [0.2, 0.25) is 11.7 Å². The van der Waals surface area contributed by atoms with Crippen molar-refractivity contribution in [1.29, 1.82) is 0 Å². The van der Waals surface area contributed by atoms with E-state index in [4.69, 9.17) is 4.52 Å². The summed E-state index contributed by atoms with van der Waals surface area (Å²) in [5, 5.41) is 6.46. The minimum atomic E-state index is -0.124. The normalized spacial score (nSPS) is 11.1. The number of hydrogen-bond acceptors (Lipinski definition) is 6. The number of fused-ring (bicyclic) bond motifs is 1. The highest BCUT2D eigenvalue weighted by molar-refractivity contribution is 7.13.